The molecule has 1 saturated carbocycles. The van der Waals surface area contributed by atoms with Crippen LogP contribution in [0, 0.1) is 5.41 Å². The van der Waals surface area contributed by atoms with Crippen molar-refractivity contribution in [3.05, 3.63) is 5.82 Å². The summed E-state index contributed by atoms with van der Waals surface area (Å²) in [7, 11) is 1.71. The van der Waals surface area contributed by atoms with Crippen LogP contribution in [0.25, 0.3) is 0 Å². The zero-order valence-corrected chi connectivity index (χ0v) is 12.2. The second kappa shape index (κ2) is 6.43. The molecular weight excluding hydrogens is 242 g/mol. The van der Waals surface area contributed by atoms with Crippen LogP contribution < -0.4 is 5.32 Å². The summed E-state index contributed by atoms with van der Waals surface area (Å²) >= 11 is 0. The molecule has 0 bridgehead atoms. The normalized spacial score (nSPS) is 19.1. The van der Waals surface area contributed by atoms with E-state index in [0.717, 1.165) is 18.9 Å². The van der Waals surface area contributed by atoms with Crippen molar-refractivity contribution in [3.63, 3.8) is 0 Å². The molecule has 1 aromatic heterocycles. The lowest BCUT2D eigenvalue weighted by Gasteiger charge is -2.41. The van der Waals surface area contributed by atoms with Gasteiger partial charge >= 0.3 is 0 Å². The van der Waals surface area contributed by atoms with Gasteiger partial charge in [-0.3, -0.25) is 0 Å². The molecule has 1 fully saturated rings. The Morgan fingerprint density at radius 2 is 2.26 bits per heavy atom. The van der Waals surface area contributed by atoms with Gasteiger partial charge in [0.05, 0.1) is 19.2 Å². The highest BCUT2D eigenvalue weighted by atomic mass is 16.5. The Hall–Kier alpha value is -1.01. The summed E-state index contributed by atoms with van der Waals surface area (Å²) in [6.45, 7) is 6.82. The van der Waals surface area contributed by atoms with Gasteiger partial charge in [0.2, 0.25) is 0 Å². The fourth-order valence-electron chi connectivity index (χ4n) is 2.72. The van der Waals surface area contributed by atoms with Gasteiger partial charge in [-0.2, -0.15) is 0 Å². The molecule has 0 spiro atoms. The van der Waals surface area contributed by atoms with Crippen molar-refractivity contribution < 1.29 is 4.74 Å². The molecule has 1 aliphatic rings. The molecular formula is C13H25N5O. The van der Waals surface area contributed by atoms with Gasteiger partial charge in [-0.25, -0.2) is 4.68 Å². The van der Waals surface area contributed by atoms with E-state index in [1.807, 2.05) is 4.68 Å². The van der Waals surface area contributed by atoms with E-state index in [2.05, 4.69) is 34.7 Å². The van der Waals surface area contributed by atoms with Crippen LogP contribution >= 0.6 is 0 Å². The predicted molar refractivity (Wildman–Crippen MR) is 72.7 cm³/mol. The molecule has 2 rings (SSSR count). The lowest BCUT2D eigenvalue weighted by Crippen LogP contribution is -2.35. The first-order valence-corrected chi connectivity index (χ1v) is 7.19. The average molecular weight is 267 g/mol. The monoisotopic (exact) mass is 267 g/mol. The number of methoxy groups -OCH3 is 1. The lowest BCUT2D eigenvalue weighted by atomic mass is 9.67. The van der Waals surface area contributed by atoms with Crippen LogP contribution in [0.3, 0.4) is 0 Å². The number of hydrogen-bond donors (Lipinski definition) is 1. The molecule has 19 heavy (non-hydrogen) atoms. The quantitative estimate of drug-likeness (QED) is 0.724. The third-order valence-electron chi connectivity index (χ3n) is 4.35. The highest BCUT2D eigenvalue weighted by molar-refractivity contribution is 4.94. The van der Waals surface area contributed by atoms with E-state index < -0.39 is 0 Å². The number of hydrogen-bond acceptors (Lipinski definition) is 5. The molecule has 1 heterocycles. The van der Waals surface area contributed by atoms with E-state index in [1.54, 1.807) is 7.11 Å². The van der Waals surface area contributed by atoms with Gasteiger partial charge in [0.1, 0.15) is 0 Å². The van der Waals surface area contributed by atoms with Crippen molar-refractivity contribution in [1.82, 2.24) is 25.5 Å². The third kappa shape index (κ3) is 3.30. The van der Waals surface area contributed by atoms with Crippen LogP contribution in [-0.2, 0) is 11.3 Å². The fourth-order valence-corrected chi connectivity index (χ4v) is 2.72. The van der Waals surface area contributed by atoms with E-state index in [9.17, 15) is 0 Å². The van der Waals surface area contributed by atoms with Crippen molar-refractivity contribution in [2.24, 2.45) is 5.41 Å². The minimum Gasteiger partial charge on any atom is -0.383 e. The fraction of sp³-hybridized carbons (Fsp3) is 0.923. The molecule has 0 amide bonds. The largest absolute Gasteiger partial charge is 0.383 e. The third-order valence-corrected chi connectivity index (χ3v) is 4.35. The molecule has 1 unspecified atom stereocenters. The highest BCUT2D eigenvalue weighted by Crippen LogP contribution is 2.45. The van der Waals surface area contributed by atoms with Gasteiger partial charge in [-0.1, -0.05) is 13.3 Å². The van der Waals surface area contributed by atoms with Crippen LogP contribution in [0.1, 0.15) is 51.4 Å². The molecule has 1 atom stereocenters. The Morgan fingerprint density at radius 1 is 1.47 bits per heavy atom. The van der Waals surface area contributed by atoms with Gasteiger partial charge in [-0.15, -0.1) is 5.10 Å². The van der Waals surface area contributed by atoms with E-state index in [0.29, 0.717) is 12.0 Å². The zero-order valence-electron chi connectivity index (χ0n) is 12.2. The lowest BCUT2D eigenvalue weighted by molar-refractivity contribution is 0.0917. The Morgan fingerprint density at radius 3 is 2.84 bits per heavy atom. The minimum atomic E-state index is 0.152. The van der Waals surface area contributed by atoms with Gasteiger partial charge in [-0.05, 0) is 42.0 Å². The topological polar surface area (TPSA) is 64.9 Å². The van der Waals surface area contributed by atoms with Crippen LogP contribution in [0.2, 0.25) is 0 Å². The first-order valence-electron chi connectivity index (χ1n) is 7.19. The van der Waals surface area contributed by atoms with Crippen LogP contribution in [0.4, 0.5) is 0 Å². The van der Waals surface area contributed by atoms with Crippen molar-refractivity contribution in [2.45, 2.75) is 52.1 Å². The van der Waals surface area contributed by atoms with Gasteiger partial charge < -0.3 is 10.1 Å². The molecule has 0 aliphatic heterocycles. The summed E-state index contributed by atoms with van der Waals surface area (Å²) in [5.74, 6) is 0.927. The molecule has 108 valence electrons. The number of nitrogens with one attached hydrogen (secondary N) is 1. The van der Waals surface area contributed by atoms with Crippen molar-refractivity contribution in [2.75, 3.05) is 20.3 Å². The van der Waals surface area contributed by atoms with Crippen LogP contribution in [-0.4, -0.2) is 40.5 Å². The zero-order chi connectivity index (χ0) is 13.7. The van der Waals surface area contributed by atoms with Crippen LogP contribution in [0.15, 0.2) is 0 Å². The molecule has 6 heteroatoms. The first kappa shape index (κ1) is 14.4. The first-order chi connectivity index (χ1) is 9.21. The summed E-state index contributed by atoms with van der Waals surface area (Å²) in [5.41, 5.74) is 0.427. The maximum Gasteiger partial charge on any atom is 0.167 e. The molecule has 0 aromatic carbocycles. The molecule has 1 aliphatic carbocycles. The average Bonchev–Trinajstić information content (AvgIpc) is 2.82. The Labute approximate surface area is 114 Å². The molecule has 1 N–H and O–H groups in total. The van der Waals surface area contributed by atoms with E-state index in [-0.39, 0.29) is 6.04 Å². The SMILES string of the molecule is CCC1(Cn2nnnc2C(C)NCCOC)CCC1. The summed E-state index contributed by atoms with van der Waals surface area (Å²) in [4.78, 5) is 0. The van der Waals surface area contributed by atoms with Crippen molar-refractivity contribution in [1.29, 1.82) is 0 Å². The molecule has 6 nitrogen and oxygen atoms in total. The Balaban J connectivity index is 1.96. The number of aromatic nitrogens is 4. The van der Waals surface area contributed by atoms with E-state index in [1.165, 1.54) is 25.7 Å². The van der Waals surface area contributed by atoms with Crippen molar-refractivity contribution in [3.8, 4) is 0 Å². The standard InChI is InChI=1S/C13H25N5O/c1-4-13(6-5-7-13)10-18-12(15-16-17-18)11(2)14-8-9-19-3/h11,14H,4-10H2,1-3H3. The minimum absolute atomic E-state index is 0.152. The van der Waals surface area contributed by atoms with Gasteiger partial charge in [0.15, 0.2) is 5.82 Å². The Bertz CT molecular complexity index is 383. The van der Waals surface area contributed by atoms with Gasteiger partial charge in [0.25, 0.3) is 0 Å². The van der Waals surface area contributed by atoms with E-state index >= 15 is 0 Å². The highest BCUT2D eigenvalue weighted by Gasteiger charge is 2.36. The van der Waals surface area contributed by atoms with Crippen LogP contribution in [0.5, 0.6) is 0 Å². The summed E-state index contributed by atoms with van der Waals surface area (Å²) in [5, 5.41) is 15.6. The number of tetrazole rings is 1. The maximum absolute atomic E-state index is 5.04. The number of rotatable bonds is 8. The van der Waals surface area contributed by atoms with Crippen molar-refractivity contribution >= 4 is 0 Å². The smallest absolute Gasteiger partial charge is 0.167 e. The Kier molecular flexibility index (Phi) is 4.87. The van der Waals surface area contributed by atoms with Gasteiger partial charge in [0, 0.05) is 13.7 Å². The summed E-state index contributed by atoms with van der Waals surface area (Å²) in [6.07, 6.45) is 5.15. The molecule has 0 radical (unpaired) electrons. The van der Waals surface area contributed by atoms with E-state index in [4.69, 9.17) is 4.74 Å². The maximum atomic E-state index is 5.04. The number of nitrogens with zero attached hydrogens (tertiary/aromatic N) is 4. The summed E-state index contributed by atoms with van der Waals surface area (Å²) < 4.78 is 7.02. The predicted octanol–water partition coefficient (Wildman–Crippen LogP) is 1.55. The second-order valence-corrected chi connectivity index (χ2v) is 5.57. The number of ether oxygens (including phenoxy) is 1. The summed E-state index contributed by atoms with van der Waals surface area (Å²) in [6, 6.07) is 0.152. The molecule has 1 aromatic rings. The second-order valence-electron chi connectivity index (χ2n) is 5.57. The molecule has 0 saturated heterocycles.